The molecule has 0 fully saturated rings. The van der Waals surface area contributed by atoms with Gasteiger partial charge in [-0.1, -0.05) is 18.2 Å². The number of nitrogens with zero attached hydrogens (tertiary/aromatic N) is 6. The highest BCUT2D eigenvalue weighted by Crippen LogP contribution is 2.22. The van der Waals surface area contributed by atoms with Crippen molar-refractivity contribution in [2.24, 2.45) is 0 Å². The van der Waals surface area contributed by atoms with Gasteiger partial charge in [-0.05, 0) is 53.2 Å². The van der Waals surface area contributed by atoms with E-state index in [1.807, 2.05) is 49.4 Å². The van der Waals surface area contributed by atoms with Crippen LogP contribution in [-0.4, -0.2) is 43.0 Å². The quantitative estimate of drug-likeness (QED) is 0.575. The smallest absolute Gasteiger partial charge is 0.280 e. The highest BCUT2D eigenvalue weighted by atomic mass is 16.5. The van der Waals surface area contributed by atoms with Crippen LogP contribution in [0.3, 0.4) is 0 Å². The number of anilines is 1. The number of benzene rings is 2. The largest absolute Gasteiger partial charge is 0.493 e. The van der Waals surface area contributed by atoms with Crippen LogP contribution in [0.15, 0.2) is 61.1 Å². The molecule has 1 amide bonds. The zero-order chi connectivity index (χ0) is 19.5. The van der Waals surface area contributed by atoms with Gasteiger partial charge in [0.25, 0.3) is 5.91 Å². The number of aromatic nitrogens is 6. The van der Waals surface area contributed by atoms with Crippen molar-refractivity contribution in [3.63, 3.8) is 0 Å². The highest BCUT2D eigenvalue weighted by Gasteiger charge is 2.19. The van der Waals surface area contributed by atoms with Crippen molar-refractivity contribution in [2.45, 2.75) is 6.92 Å². The third-order valence-electron chi connectivity index (χ3n) is 4.19. The molecule has 0 bridgehead atoms. The summed E-state index contributed by atoms with van der Waals surface area (Å²) in [5.74, 6) is 0.0319. The Labute approximate surface area is 160 Å². The summed E-state index contributed by atoms with van der Waals surface area (Å²) in [5, 5.41) is 18.4. The molecule has 2 heterocycles. The third kappa shape index (κ3) is 3.32. The molecule has 2 aromatic heterocycles. The van der Waals surface area contributed by atoms with E-state index in [0.717, 1.165) is 16.9 Å². The van der Waals surface area contributed by atoms with Crippen molar-refractivity contribution in [1.29, 1.82) is 0 Å². The molecule has 4 rings (SSSR count). The average molecular weight is 375 g/mol. The summed E-state index contributed by atoms with van der Waals surface area (Å²) in [6.07, 6.45) is 3.19. The standard InChI is InChI=1S/C19H17N7O2/c1-13-10-14(8-9-16(13)26-12-20-23-24-26)21-19(27)18-17(28-2)11-25(22-18)15-6-4-3-5-7-15/h3-12H,1-2H3,(H,21,27). The van der Waals surface area contributed by atoms with E-state index in [4.69, 9.17) is 4.74 Å². The molecule has 28 heavy (non-hydrogen) atoms. The van der Waals surface area contributed by atoms with Crippen molar-refractivity contribution in [3.05, 3.63) is 72.3 Å². The fourth-order valence-corrected chi connectivity index (χ4v) is 2.83. The molecular weight excluding hydrogens is 358 g/mol. The average Bonchev–Trinajstić information content (AvgIpc) is 3.39. The second-order valence-corrected chi connectivity index (χ2v) is 6.04. The van der Waals surface area contributed by atoms with Crippen LogP contribution in [0.25, 0.3) is 11.4 Å². The molecule has 0 aliphatic heterocycles. The number of hydrogen-bond acceptors (Lipinski definition) is 6. The number of aryl methyl sites for hydroxylation is 1. The zero-order valence-corrected chi connectivity index (χ0v) is 15.3. The first kappa shape index (κ1) is 17.4. The summed E-state index contributed by atoms with van der Waals surface area (Å²) < 4.78 is 8.50. The van der Waals surface area contributed by atoms with Crippen LogP contribution in [0, 0.1) is 6.92 Å². The lowest BCUT2D eigenvalue weighted by atomic mass is 10.1. The predicted molar refractivity (Wildman–Crippen MR) is 102 cm³/mol. The topological polar surface area (TPSA) is 99.8 Å². The Kier molecular flexibility index (Phi) is 4.55. The van der Waals surface area contributed by atoms with Gasteiger partial charge in [0.15, 0.2) is 11.4 Å². The summed E-state index contributed by atoms with van der Waals surface area (Å²) >= 11 is 0. The third-order valence-corrected chi connectivity index (χ3v) is 4.19. The lowest BCUT2D eigenvalue weighted by Gasteiger charge is -2.09. The van der Waals surface area contributed by atoms with Gasteiger partial charge in [0, 0.05) is 5.69 Å². The molecule has 140 valence electrons. The minimum atomic E-state index is -0.360. The van der Waals surface area contributed by atoms with Crippen LogP contribution >= 0.6 is 0 Å². The predicted octanol–water partition coefficient (Wildman–Crippen LogP) is 2.42. The van der Waals surface area contributed by atoms with E-state index in [0.29, 0.717) is 11.4 Å². The van der Waals surface area contributed by atoms with Crippen molar-refractivity contribution in [1.82, 2.24) is 30.0 Å². The minimum absolute atomic E-state index is 0.202. The number of hydrogen-bond donors (Lipinski definition) is 1. The maximum atomic E-state index is 12.8. The Morgan fingerprint density at radius 3 is 2.61 bits per heavy atom. The molecule has 0 aliphatic carbocycles. The van der Waals surface area contributed by atoms with E-state index < -0.39 is 0 Å². The molecule has 0 unspecified atom stereocenters. The normalized spacial score (nSPS) is 10.6. The molecule has 0 spiro atoms. The number of ether oxygens (including phenoxy) is 1. The van der Waals surface area contributed by atoms with Gasteiger partial charge < -0.3 is 10.1 Å². The molecular formula is C19H17N7O2. The number of carbonyl (C=O) groups is 1. The number of amides is 1. The molecule has 0 radical (unpaired) electrons. The Morgan fingerprint density at radius 2 is 1.93 bits per heavy atom. The molecule has 1 N–H and O–H groups in total. The van der Waals surface area contributed by atoms with Crippen LogP contribution in [0.1, 0.15) is 16.1 Å². The maximum Gasteiger partial charge on any atom is 0.280 e. The van der Waals surface area contributed by atoms with Crippen molar-refractivity contribution in [2.75, 3.05) is 12.4 Å². The molecule has 9 nitrogen and oxygen atoms in total. The molecule has 0 saturated heterocycles. The first-order chi connectivity index (χ1) is 13.7. The second-order valence-electron chi connectivity index (χ2n) is 6.04. The van der Waals surface area contributed by atoms with E-state index >= 15 is 0 Å². The van der Waals surface area contributed by atoms with E-state index in [1.165, 1.54) is 13.4 Å². The molecule has 0 saturated carbocycles. The van der Waals surface area contributed by atoms with Crippen molar-refractivity contribution < 1.29 is 9.53 Å². The van der Waals surface area contributed by atoms with Crippen LogP contribution in [0.2, 0.25) is 0 Å². The first-order valence-electron chi connectivity index (χ1n) is 8.50. The lowest BCUT2D eigenvalue weighted by molar-refractivity contribution is 0.101. The Hall–Kier alpha value is -4.01. The highest BCUT2D eigenvalue weighted by molar-refractivity contribution is 6.04. The summed E-state index contributed by atoms with van der Waals surface area (Å²) in [7, 11) is 1.51. The van der Waals surface area contributed by atoms with E-state index in [2.05, 4.69) is 25.9 Å². The molecule has 0 aliphatic rings. The van der Waals surface area contributed by atoms with Gasteiger partial charge in [0.2, 0.25) is 0 Å². The lowest BCUT2D eigenvalue weighted by Crippen LogP contribution is -2.14. The minimum Gasteiger partial charge on any atom is -0.493 e. The molecule has 2 aromatic carbocycles. The summed E-state index contributed by atoms with van der Waals surface area (Å²) in [4.78, 5) is 12.8. The molecule has 9 heteroatoms. The molecule has 0 atom stereocenters. The van der Waals surface area contributed by atoms with Crippen molar-refractivity contribution >= 4 is 11.6 Å². The molecule has 4 aromatic rings. The summed E-state index contributed by atoms with van der Waals surface area (Å²) in [5.41, 5.74) is 3.41. The number of rotatable bonds is 5. The Balaban J connectivity index is 1.59. The van der Waals surface area contributed by atoms with Gasteiger partial charge in [-0.2, -0.15) is 5.10 Å². The van der Waals surface area contributed by atoms with Gasteiger partial charge in [-0.15, -0.1) is 5.10 Å². The Morgan fingerprint density at radius 1 is 1.11 bits per heavy atom. The van der Waals surface area contributed by atoms with Gasteiger partial charge in [0.1, 0.15) is 6.33 Å². The fraction of sp³-hybridized carbons (Fsp3) is 0.105. The Bertz CT molecular complexity index is 1100. The first-order valence-corrected chi connectivity index (χ1v) is 8.50. The van der Waals surface area contributed by atoms with Gasteiger partial charge >= 0.3 is 0 Å². The SMILES string of the molecule is COc1cn(-c2ccccc2)nc1C(=O)Nc1ccc(-n2cnnn2)c(C)c1. The van der Waals surface area contributed by atoms with Crippen LogP contribution in [-0.2, 0) is 0 Å². The van der Waals surface area contributed by atoms with Crippen LogP contribution in [0.5, 0.6) is 5.75 Å². The van der Waals surface area contributed by atoms with Gasteiger partial charge in [0.05, 0.1) is 24.7 Å². The van der Waals surface area contributed by atoms with Crippen molar-refractivity contribution in [3.8, 4) is 17.1 Å². The summed E-state index contributed by atoms with van der Waals surface area (Å²) in [6.45, 7) is 1.91. The monoisotopic (exact) mass is 375 g/mol. The number of methoxy groups -OCH3 is 1. The number of carbonyl (C=O) groups excluding carboxylic acids is 1. The number of tetrazole rings is 1. The summed E-state index contributed by atoms with van der Waals surface area (Å²) in [6, 6.07) is 15.0. The van der Waals surface area contributed by atoms with Crippen LogP contribution in [0.4, 0.5) is 5.69 Å². The van der Waals surface area contributed by atoms with Crippen LogP contribution < -0.4 is 10.1 Å². The van der Waals surface area contributed by atoms with Gasteiger partial charge in [-0.3, -0.25) is 4.79 Å². The fourth-order valence-electron chi connectivity index (χ4n) is 2.83. The zero-order valence-electron chi connectivity index (χ0n) is 15.3. The van der Waals surface area contributed by atoms with E-state index in [-0.39, 0.29) is 11.6 Å². The van der Waals surface area contributed by atoms with E-state index in [1.54, 1.807) is 21.6 Å². The van der Waals surface area contributed by atoms with Gasteiger partial charge in [-0.25, -0.2) is 9.36 Å². The number of nitrogens with one attached hydrogen (secondary N) is 1. The maximum absolute atomic E-state index is 12.8. The van der Waals surface area contributed by atoms with E-state index in [9.17, 15) is 4.79 Å². The second kappa shape index (κ2) is 7.31. The number of para-hydroxylation sites is 1.